The van der Waals surface area contributed by atoms with E-state index < -0.39 is 21.7 Å². The first-order valence-electron chi connectivity index (χ1n) is 6.53. The van der Waals surface area contributed by atoms with Gasteiger partial charge in [-0.15, -0.1) is 0 Å². The Morgan fingerprint density at radius 2 is 1.70 bits per heavy atom. The lowest BCUT2D eigenvalue weighted by molar-refractivity contribution is -0.114. The van der Waals surface area contributed by atoms with Gasteiger partial charge in [0.2, 0.25) is 5.91 Å². The average molecular weight is 340 g/mol. The Bertz CT molecular complexity index is 836. The molecule has 0 atom stereocenters. The highest BCUT2D eigenvalue weighted by atomic mass is 32.2. The van der Waals surface area contributed by atoms with Crippen molar-refractivity contribution in [3.8, 4) is 0 Å². The van der Waals surface area contributed by atoms with Gasteiger partial charge in [0.25, 0.3) is 10.0 Å². The number of amides is 1. The van der Waals surface area contributed by atoms with Crippen molar-refractivity contribution in [1.29, 1.82) is 0 Å². The molecule has 2 aromatic rings. The highest BCUT2D eigenvalue weighted by Crippen LogP contribution is 2.26. The number of hydrogen-bond acceptors (Lipinski definition) is 3. The second kappa shape index (κ2) is 6.33. The van der Waals surface area contributed by atoms with Crippen molar-refractivity contribution in [2.75, 3.05) is 16.7 Å². The Hall–Kier alpha value is -2.48. The van der Waals surface area contributed by atoms with Gasteiger partial charge in [-0.25, -0.2) is 17.2 Å². The fraction of sp³-hybridized carbons (Fsp3) is 0.133. The fourth-order valence-corrected chi connectivity index (χ4v) is 3.14. The van der Waals surface area contributed by atoms with Crippen molar-refractivity contribution >= 4 is 27.3 Å². The zero-order valence-electron chi connectivity index (χ0n) is 12.4. The number of carbonyl (C=O) groups is 1. The van der Waals surface area contributed by atoms with Crippen molar-refractivity contribution in [2.24, 2.45) is 0 Å². The molecule has 122 valence electrons. The molecule has 0 spiro atoms. The summed E-state index contributed by atoms with van der Waals surface area (Å²) in [5.41, 5.74) is 0.171. The molecule has 0 aliphatic heterocycles. The van der Waals surface area contributed by atoms with Crippen LogP contribution < -0.4 is 9.62 Å². The lowest BCUT2D eigenvalue weighted by atomic mass is 10.3. The zero-order valence-corrected chi connectivity index (χ0v) is 13.2. The van der Waals surface area contributed by atoms with E-state index in [4.69, 9.17) is 0 Å². The van der Waals surface area contributed by atoms with Crippen molar-refractivity contribution in [1.82, 2.24) is 0 Å². The normalized spacial score (nSPS) is 11.1. The minimum Gasteiger partial charge on any atom is -0.326 e. The lowest BCUT2D eigenvalue weighted by Gasteiger charge is -2.20. The van der Waals surface area contributed by atoms with Gasteiger partial charge in [0.05, 0.1) is 10.6 Å². The summed E-state index contributed by atoms with van der Waals surface area (Å²) in [7, 11) is -2.84. The molecule has 0 aromatic heterocycles. The fourth-order valence-electron chi connectivity index (χ4n) is 1.94. The van der Waals surface area contributed by atoms with E-state index in [1.165, 1.54) is 38.2 Å². The van der Waals surface area contributed by atoms with Crippen LogP contribution in [-0.4, -0.2) is 21.4 Å². The highest BCUT2D eigenvalue weighted by molar-refractivity contribution is 7.92. The van der Waals surface area contributed by atoms with Gasteiger partial charge < -0.3 is 5.32 Å². The van der Waals surface area contributed by atoms with Crippen molar-refractivity contribution in [2.45, 2.75) is 11.8 Å². The molecule has 0 unspecified atom stereocenters. The predicted octanol–water partition coefficient (Wildman–Crippen LogP) is 2.75. The molecule has 23 heavy (non-hydrogen) atoms. The van der Waals surface area contributed by atoms with Gasteiger partial charge in [0.1, 0.15) is 11.6 Å². The van der Waals surface area contributed by atoms with Crippen molar-refractivity contribution < 1.29 is 22.0 Å². The van der Waals surface area contributed by atoms with Crippen molar-refractivity contribution in [3.05, 3.63) is 54.1 Å². The van der Waals surface area contributed by atoms with Gasteiger partial charge in [-0.1, -0.05) is 0 Å². The van der Waals surface area contributed by atoms with Crippen LogP contribution in [0.2, 0.25) is 0 Å². The lowest BCUT2D eigenvalue weighted by Crippen LogP contribution is -2.27. The summed E-state index contributed by atoms with van der Waals surface area (Å²) in [4.78, 5) is 10.9. The topological polar surface area (TPSA) is 66.5 Å². The first-order chi connectivity index (χ1) is 10.7. The third kappa shape index (κ3) is 3.65. The molecular formula is C15H14F2N2O3S. The Kier molecular flexibility index (Phi) is 4.65. The van der Waals surface area contributed by atoms with Crippen LogP contribution in [0.4, 0.5) is 20.2 Å². The minimum absolute atomic E-state index is 0.0853. The predicted molar refractivity (Wildman–Crippen MR) is 82.7 cm³/mol. The average Bonchev–Trinajstić information content (AvgIpc) is 2.46. The van der Waals surface area contributed by atoms with E-state index in [1.54, 1.807) is 0 Å². The summed E-state index contributed by atoms with van der Waals surface area (Å²) in [6.45, 7) is 1.33. The molecule has 0 fully saturated rings. The number of rotatable bonds is 4. The molecule has 0 radical (unpaired) electrons. The standard InChI is InChI=1S/C15H14F2N2O3S/c1-10(20)18-12-4-6-13(7-5-12)23(21,22)19(2)15-8-3-11(16)9-14(15)17/h3-9H,1-2H3,(H,18,20). The van der Waals surface area contributed by atoms with Crippen LogP contribution in [0.3, 0.4) is 0 Å². The number of carbonyl (C=O) groups excluding carboxylic acids is 1. The molecule has 0 saturated carbocycles. The molecule has 1 amide bonds. The molecule has 2 rings (SSSR count). The van der Waals surface area contributed by atoms with E-state index >= 15 is 0 Å². The quantitative estimate of drug-likeness (QED) is 0.931. The molecule has 0 heterocycles. The first kappa shape index (κ1) is 16.9. The molecule has 0 aliphatic rings. The first-order valence-corrected chi connectivity index (χ1v) is 7.97. The van der Waals surface area contributed by atoms with Crippen LogP contribution in [0.25, 0.3) is 0 Å². The van der Waals surface area contributed by atoms with E-state index in [9.17, 15) is 22.0 Å². The number of sulfonamides is 1. The van der Waals surface area contributed by atoms with Gasteiger partial charge in [0, 0.05) is 25.7 Å². The van der Waals surface area contributed by atoms with Crippen LogP contribution in [0, 0.1) is 11.6 Å². The number of halogens is 2. The van der Waals surface area contributed by atoms with Gasteiger partial charge in [0.15, 0.2) is 0 Å². The molecule has 8 heteroatoms. The second-order valence-electron chi connectivity index (χ2n) is 4.77. The summed E-state index contributed by atoms with van der Waals surface area (Å²) in [5, 5.41) is 2.51. The van der Waals surface area contributed by atoms with Crippen LogP contribution in [0.1, 0.15) is 6.92 Å². The van der Waals surface area contributed by atoms with Crippen LogP contribution in [0.15, 0.2) is 47.4 Å². The Balaban J connectivity index is 2.35. The summed E-state index contributed by atoms with van der Waals surface area (Å²) in [6, 6.07) is 8.06. The molecular weight excluding hydrogens is 326 g/mol. The number of hydrogen-bond donors (Lipinski definition) is 1. The largest absolute Gasteiger partial charge is 0.326 e. The smallest absolute Gasteiger partial charge is 0.264 e. The third-order valence-electron chi connectivity index (χ3n) is 3.08. The summed E-state index contributed by atoms with van der Waals surface area (Å²) < 4.78 is 52.4. The van der Waals surface area contributed by atoms with E-state index in [-0.39, 0.29) is 16.5 Å². The zero-order chi connectivity index (χ0) is 17.2. The van der Waals surface area contributed by atoms with Gasteiger partial charge >= 0.3 is 0 Å². The SMILES string of the molecule is CC(=O)Nc1ccc(S(=O)(=O)N(C)c2ccc(F)cc2F)cc1. The van der Waals surface area contributed by atoms with Crippen LogP contribution in [0.5, 0.6) is 0 Å². The number of nitrogens with zero attached hydrogens (tertiary/aromatic N) is 1. The Morgan fingerprint density at radius 3 is 2.22 bits per heavy atom. The molecule has 5 nitrogen and oxygen atoms in total. The highest BCUT2D eigenvalue weighted by Gasteiger charge is 2.23. The van der Waals surface area contributed by atoms with Gasteiger partial charge in [-0.05, 0) is 36.4 Å². The maximum atomic E-state index is 13.8. The van der Waals surface area contributed by atoms with E-state index in [0.717, 1.165) is 16.4 Å². The maximum Gasteiger partial charge on any atom is 0.264 e. The monoisotopic (exact) mass is 340 g/mol. The molecule has 0 bridgehead atoms. The molecule has 1 N–H and O–H groups in total. The molecule has 2 aromatic carbocycles. The van der Waals surface area contributed by atoms with E-state index in [1.807, 2.05) is 0 Å². The van der Waals surface area contributed by atoms with Crippen LogP contribution in [-0.2, 0) is 14.8 Å². The second-order valence-corrected chi connectivity index (χ2v) is 6.74. The van der Waals surface area contributed by atoms with Gasteiger partial charge in [-0.3, -0.25) is 9.10 Å². The van der Waals surface area contributed by atoms with E-state index in [2.05, 4.69) is 5.32 Å². The summed E-state index contributed by atoms with van der Waals surface area (Å²) >= 11 is 0. The third-order valence-corrected chi connectivity index (χ3v) is 4.87. The number of benzene rings is 2. The summed E-state index contributed by atoms with van der Waals surface area (Å²) in [5.74, 6) is -2.06. The Morgan fingerprint density at radius 1 is 1.09 bits per heavy atom. The Labute approximate surface area is 132 Å². The minimum atomic E-state index is -4.01. The van der Waals surface area contributed by atoms with Gasteiger partial charge in [-0.2, -0.15) is 0 Å². The number of anilines is 2. The van der Waals surface area contributed by atoms with Crippen LogP contribution >= 0.6 is 0 Å². The summed E-state index contributed by atoms with van der Waals surface area (Å²) in [6.07, 6.45) is 0. The van der Waals surface area contributed by atoms with Crippen molar-refractivity contribution in [3.63, 3.8) is 0 Å². The maximum absolute atomic E-state index is 13.8. The molecule has 0 saturated heterocycles. The number of nitrogens with one attached hydrogen (secondary N) is 1. The van der Waals surface area contributed by atoms with E-state index in [0.29, 0.717) is 11.8 Å². The molecule has 0 aliphatic carbocycles.